The van der Waals surface area contributed by atoms with Crippen LogP contribution in [-0.4, -0.2) is 13.2 Å². The molecule has 0 spiro atoms. The molecule has 0 bridgehead atoms. The Morgan fingerprint density at radius 2 is 2.00 bits per heavy atom. The molecule has 0 aliphatic heterocycles. The van der Waals surface area contributed by atoms with Crippen LogP contribution in [0.3, 0.4) is 0 Å². The van der Waals surface area contributed by atoms with Crippen molar-refractivity contribution in [3.63, 3.8) is 0 Å². The molecule has 5 heteroatoms. The van der Waals surface area contributed by atoms with Crippen LogP contribution < -0.4 is 15.4 Å². The van der Waals surface area contributed by atoms with Gasteiger partial charge in [-0.1, -0.05) is 15.9 Å². The normalized spacial score (nSPS) is 10.6. The van der Waals surface area contributed by atoms with Gasteiger partial charge in [-0.2, -0.15) is 0 Å². The van der Waals surface area contributed by atoms with Crippen molar-refractivity contribution in [3.05, 3.63) is 22.2 Å². The molecule has 0 atom stereocenters. The molecular weight excluding hydrogens is 274 g/mol. The maximum Gasteiger partial charge on any atom is 0.161 e. The van der Waals surface area contributed by atoms with Crippen LogP contribution in [0.1, 0.15) is 19.4 Å². The van der Waals surface area contributed by atoms with Gasteiger partial charge in [-0.15, -0.1) is 0 Å². The Morgan fingerprint density at radius 1 is 1.31 bits per heavy atom. The Balaban J connectivity index is 3.07. The first-order chi connectivity index (χ1) is 7.58. The van der Waals surface area contributed by atoms with E-state index in [9.17, 15) is 0 Å². The lowest BCUT2D eigenvalue weighted by Crippen LogP contribution is -2.08. The summed E-state index contributed by atoms with van der Waals surface area (Å²) in [6.45, 7) is 4.24. The third kappa shape index (κ3) is 3.37. The minimum Gasteiger partial charge on any atom is -0.493 e. The Kier molecular flexibility index (Phi) is 5.05. The second-order valence-electron chi connectivity index (χ2n) is 3.57. The number of hydrogen-bond acceptors (Lipinski definition) is 4. The monoisotopic (exact) mass is 289 g/mol. The molecule has 90 valence electrons. The summed E-state index contributed by atoms with van der Waals surface area (Å²) in [5.41, 5.74) is 0.916. The van der Waals surface area contributed by atoms with Crippen molar-refractivity contribution in [1.29, 1.82) is 0 Å². The molecule has 1 rings (SSSR count). The van der Waals surface area contributed by atoms with E-state index in [0.29, 0.717) is 18.1 Å². The smallest absolute Gasteiger partial charge is 0.161 e. The molecule has 4 nitrogen and oxygen atoms in total. The Morgan fingerprint density at radius 3 is 2.50 bits per heavy atom. The molecule has 1 aromatic rings. The average Bonchev–Trinajstić information content (AvgIpc) is 2.22. The van der Waals surface area contributed by atoms with Crippen molar-refractivity contribution in [1.82, 2.24) is 0 Å². The SMILES string of the molecule is COc1cc(Br)c(CON)cc1OC(C)C. The minimum atomic E-state index is 0.0849. The molecule has 16 heavy (non-hydrogen) atoms. The molecule has 2 N–H and O–H groups in total. The lowest BCUT2D eigenvalue weighted by atomic mass is 10.2. The van der Waals surface area contributed by atoms with Crippen LogP contribution in [-0.2, 0) is 11.4 Å². The van der Waals surface area contributed by atoms with Gasteiger partial charge in [-0.3, -0.25) is 4.84 Å². The number of ether oxygens (including phenoxy) is 2. The van der Waals surface area contributed by atoms with Crippen LogP contribution in [0.25, 0.3) is 0 Å². The van der Waals surface area contributed by atoms with Crippen molar-refractivity contribution >= 4 is 15.9 Å². The number of methoxy groups -OCH3 is 1. The number of benzene rings is 1. The van der Waals surface area contributed by atoms with Crippen molar-refractivity contribution in [2.75, 3.05) is 7.11 Å². The predicted octanol–water partition coefficient (Wildman–Crippen LogP) is 2.64. The summed E-state index contributed by atoms with van der Waals surface area (Å²) in [7, 11) is 1.61. The molecule has 0 unspecified atom stereocenters. The molecular formula is C11H16BrNO3. The van der Waals surface area contributed by atoms with Gasteiger partial charge in [0, 0.05) is 4.47 Å². The quantitative estimate of drug-likeness (QED) is 0.847. The van der Waals surface area contributed by atoms with Gasteiger partial charge in [0.1, 0.15) is 0 Å². The number of nitrogens with two attached hydrogens (primary N) is 1. The topological polar surface area (TPSA) is 53.7 Å². The number of rotatable bonds is 5. The highest BCUT2D eigenvalue weighted by atomic mass is 79.9. The van der Waals surface area contributed by atoms with E-state index in [4.69, 9.17) is 15.4 Å². The zero-order chi connectivity index (χ0) is 12.1. The maximum atomic E-state index is 5.64. The van der Waals surface area contributed by atoms with Gasteiger partial charge >= 0.3 is 0 Å². The van der Waals surface area contributed by atoms with Gasteiger partial charge in [0.2, 0.25) is 0 Å². The van der Waals surface area contributed by atoms with Gasteiger partial charge in [0.15, 0.2) is 11.5 Å². The van der Waals surface area contributed by atoms with E-state index in [2.05, 4.69) is 20.8 Å². The highest BCUT2D eigenvalue weighted by Gasteiger charge is 2.11. The highest BCUT2D eigenvalue weighted by molar-refractivity contribution is 9.10. The van der Waals surface area contributed by atoms with E-state index in [0.717, 1.165) is 10.0 Å². The lowest BCUT2D eigenvalue weighted by molar-refractivity contribution is 0.123. The predicted molar refractivity (Wildman–Crippen MR) is 65.4 cm³/mol. The van der Waals surface area contributed by atoms with Crippen LogP contribution in [0.4, 0.5) is 0 Å². The van der Waals surface area contributed by atoms with Gasteiger partial charge in [-0.25, -0.2) is 5.90 Å². The summed E-state index contributed by atoms with van der Waals surface area (Å²) in [5.74, 6) is 6.43. The number of halogens is 1. The second-order valence-corrected chi connectivity index (χ2v) is 4.43. The van der Waals surface area contributed by atoms with Gasteiger partial charge < -0.3 is 9.47 Å². The molecule has 0 fully saturated rings. The zero-order valence-corrected chi connectivity index (χ0v) is 11.2. The van der Waals surface area contributed by atoms with E-state index in [1.165, 1.54) is 0 Å². The molecule has 0 aliphatic rings. The average molecular weight is 290 g/mol. The first-order valence-electron chi connectivity index (χ1n) is 4.93. The summed E-state index contributed by atoms with van der Waals surface area (Å²) >= 11 is 3.42. The second kappa shape index (κ2) is 6.08. The van der Waals surface area contributed by atoms with Crippen molar-refractivity contribution in [3.8, 4) is 11.5 Å². The fraction of sp³-hybridized carbons (Fsp3) is 0.455. The summed E-state index contributed by atoms with van der Waals surface area (Å²) in [5, 5.41) is 0. The van der Waals surface area contributed by atoms with Crippen LogP contribution in [0.5, 0.6) is 11.5 Å². The van der Waals surface area contributed by atoms with Crippen LogP contribution in [0.15, 0.2) is 16.6 Å². The molecule has 0 heterocycles. The van der Waals surface area contributed by atoms with Crippen LogP contribution in [0, 0.1) is 0 Å². The first-order valence-corrected chi connectivity index (χ1v) is 5.72. The molecule has 0 aliphatic carbocycles. The summed E-state index contributed by atoms with van der Waals surface area (Å²) in [6.07, 6.45) is 0.0849. The third-order valence-corrected chi connectivity index (χ3v) is 2.67. The molecule has 1 aromatic carbocycles. The Labute approximate surface area is 104 Å². The standard InChI is InChI=1S/C11H16BrNO3/c1-7(2)16-11-4-8(6-15-13)9(12)5-10(11)14-3/h4-5,7H,6,13H2,1-3H3. The Bertz CT molecular complexity index is 355. The van der Waals surface area contributed by atoms with E-state index in [-0.39, 0.29) is 6.10 Å². The van der Waals surface area contributed by atoms with Crippen molar-refractivity contribution < 1.29 is 14.3 Å². The van der Waals surface area contributed by atoms with Crippen LogP contribution in [0.2, 0.25) is 0 Å². The fourth-order valence-electron chi connectivity index (χ4n) is 1.28. The van der Waals surface area contributed by atoms with E-state index in [1.54, 1.807) is 7.11 Å². The summed E-state index contributed by atoms with van der Waals surface area (Å²) in [4.78, 5) is 4.62. The fourth-order valence-corrected chi connectivity index (χ4v) is 1.72. The van der Waals surface area contributed by atoms with E-state index < -0.39 is 0 Å². The van der Waals surface area contributed by atoms with E-state index >= 15 is 0 Å². The van der Waals surface area contributed by atoms with Gasteiger partial charge in [-0.05, 0) is 31.5 Å². The highest BCUT2D eigenvalue weighted by Crippen LogP contribution is 2.34. The number of hydrogen-bond donors (Lipinski definition) is 1. The van der Waals surface area contributed by atoms with Gasteiger partial charge in [0.05, 0.1) is 19.8 Å². The summed E-state index contributed by atoms with van der Waals surface area (Å²) < 4.78 is 11.7. The van der Waals surface area contributed by atoms with Gasteiger partial charge in [0.25, 0.3) is 0 Å². The largest absolute Gasteiger partial charge is 0.493 e. The first kappa shape index (κ1) is 13.3. The molecule has 0 amide bonds. The van der Waals surface area contributed by atoms with Crippen LogP contribution >= 0.6 is 15.9 Å². The molecule has 0 aromatic heterocycles. The molecule has 0 radical (unpaired) electrons. The third-order valence-electron chi connectivity index (χ3n) is 1.93. The minimum absolute atomic E-state index is 0.0849. The zero-order valence-electron chi connectivity index (χ0n) is 9.62. The maximum absolute atomic E-state index is 5.64. The summed E-state index contributed by atoms with van der Waals surface area (Å²) in [6, 6.07) is 3.70. The molecule has 0 saturated carbocycles. The Hall–Kier alpha value is -0.780. The lowest BCUT2D eigenvalue weighted by Gasteiger charge is -2.15. The van der Waals surface area contributed by atoms with Crippen molar-refractivity contribution in [2.24, 2.45) is 5.90 Å². The molecule has 0 saturated heterocycles. The van der Waals surface area contributed by atoms with Crippen molar-refractivity contribution in [2.45, 2.75) is 26.6 Å². The van der Waals surface area contributed by atoms with E-state index in [1.807, 2.05) is 26.0 Å².